The highest BCUT2D eigenvalue weighted by atomic mass is 32.2. The van der Waals surface area contributed by atoms with Gasteiger partial charge in [-0.05, 0) is 35.8 Å². The van der Waals surface area contributed by atoms with Crippen molar-refractivity contribution in [1.29, 1.82) is 0 Å². The number of aromatic nitrogens is 7. The molecule has 1 unspecified atom stereocenters. The Morgan fingerprint density at radius 1 is 1.07 bits per heavy atom. The Hall–Kier alpha value is -2.94. The Morgan fingerprint density at radius 3 is 2.55 bits per heavy atom. The van der Waals surface area contributed by atoms with Crippen LogP contribution in [0.15, 0.2) is 41.6 Å². The number of hydrogen-bond acceptors (Lipinski definition) is 6. The van der Waals surface area contributed by atoms with Crippen LogP contribution in [0.5, 0.6) is 0 Å². The van der Waals surface area contributed by atoms with Crippen LogP contribution < -0.4 is 0 Å². The Kier molecular flexibility index (Phi) is 4.67. The Balaban J connectivity index is 1.69. The van der Waals surface area contributed by atoms with E-state index in [1.807, 2.05) is 35.0 Å². The van der Waals surface area contributed by atoms with Gasteiger partial charge in [-0.25, -0.2) is 9.50 Å². The standard InChI is InChI=1S/C20H21N7OS/c1-29(28)15-9-7-13(8-10-15)16-11-21-20-17(19-23-25-26-24-19)12-22-27(20)18(16)14-5-3-2-4-6-14/h7-12,14H,2-6H2,1H3,(H,23,24,25,26). The first-order valence-corrected chi connectivity index (χ1v) is 11.3. The third-order valence-corrected chi connectivity index (χ3v) is 6.58. The van der Waals surface area contributed by atoms with Crippen LogP contribution in [-0.2, 0) is 10.8 Å². The molecule has 1 atom stereocenters. The highest BCUT2D eigenvalue weighted by Crippen LogP contribution is 2.39. The van der Waals surface area contributed by atoms with Gasteiger partial charge in [0, 0.05) is 39.6 Å². The number of aromatic amines is 1. The number of tetrazole rings is 1. The number of rotatable bonds is 4. The molecule has 0 spiro atoms. The topological polar surface area (TPSA) is 102 Å². The molecule has 9 heteroatoms. The van der Waals surface area contributed by atoms with Crippen molar-refractivity contribution in [1.82, 2.24) is 35.2 Å². The maximum absolute atomic E-state index is 11.8. The summed E-state index contributed by atoms with van der Waals surface area (Å²) in [5.41, 5.74) is 4.81. The summed E-state index contributed by atoms with van der Waals surface area (Å²) in [5, 5.41) is 19.0. The van der Waals surface area contributed by atoms with Gasteiger partial charge >= 0.3 is 0 Å². The smallest absolute Gasteiger partial charge is 0.210 e. The molecule has 0 bridgehead atoms. The van der Waals surface area contributed by atoms with Crippen molar-refractivity contribution in [2.45, 2.75) is 42.9 Å². The summed E-state index contributed by atoms with van der Waals surface area (Å²) in [7, 11) is -0.995. The predicted molar refractivity (Wildman–Crippen MR) is 110 cm³/mol. The Labute approximate surface area is 170 Å². The Morgan fingerprint density at radius 2 is 1.86 bits per heavy atom. The summed E-state index contributed by atoms with van der Waals surface area (Å²) in [4.78, 5) is 5.53. The average Bonchev–Trinajstić information content (AvgIpc) is 3.43. The maximum Gasteiger partial charge on any atom is 0.210 e. The third-order valence-electron chi connectivity index (χ3n) is 5.64. The summed E-state index contributed by atoms with van der Waals surface area (Å²) in [6.45, 7) is 0. The average molecular weight is 408 g/mol. The molecule has 4 aromatic rings. The summed E-state index contributed by atoms with van der Waals surface area (Å²) in [6, 6.07) is 7.90. The first-order chi connectivity index (χ1) is 14.2. The molecule has 1 N–H and O–H groups in total. The summed E-state index contributed by atoms with van der Waals surface area (Å²) in [6.07, 6.45) is 11.4. The van der Waals surface area contributed by atoms with Crippen molar-refractivity contribution in [3.8, 4) is 22.5 Å². The van der Waals surface area contributed by atoms with Crippen molar-refractivity contribution in [2.24, 2.45) is 0 Å². The van der Waals surface area contributed by atoms with Crippen LogP contribution in [0, 0.1) is 0 Å². The highest BCUT2D eigenvalue weighted by Gasteiger charge is 2.25. The van der Waals surface area contributed by atoms with Crippen molar-refractivity contribution in [2.75, 3.05) is 6.26 Å². The number of hydrogen-bond donors (Lipinski definition) is 1. The van der Waals surface area contributed by atoms with E-state index >= 15 is 0 Å². The van der Waals surface area contributed by atoms with Crippen LogP contribution in [-0.4, -0.2) is 45.7 Å². The molecule has 1 aliphatic carbocycles. The van der Waals surface area contributed by atoms with Gasteiger partial charge in [0.15, 0.2) is 5.65 Å². The molecule has 1 fully saturated rings. The zero-order valence-electron chi connectivity index (χ0n) is 16.1. The van der Waals surface area contributed by atoms with Gasteiger partial charge in [0.1, 0.15) is 0 Å². The van der Waals surface area contributed by atoms with E-state index in [0.717, 1.165) is 40.1 Å². The summed E-state index contributed by atoms with van der Waals surface area (Å²) < 4.78 is 13.7. The largest absolute Gasteiger partial charge is 0.255 e. The molecule has 1 aromatic carbocycles. The lowest BCUT2D eigenvalue weighted by atomic mass is 9.84. The van der Waals surface area contributed by atoms with Gasteiger partial charge in [-0.2, -0.15) is 10.3 Å². The van der Waals surface area contributed by atoms with Crippen molar-refractivity contribution in [3.05, 3.63) is 42.4 Å². The van der Waals surface area contributed by atoms with Crippen LogP contribution >= 0.6 is 0 Å². The van der Waals surface area contributed by atoms with E-state index in [1.54, 1.807) is 12.5 Å². The number of benzene rings is 1. The molecule has 5 rings (SSSR count). The predicted octanol–water partition coefficient (Wildman–Crippen LogP) is 3.36. The molecular weight excluding hydrogens is 386 g/mol. The lowest BCUT2D eigenvalue weighted by Gasteiger charge is -2.25. The number of fused-ring (bicyclic) bond motifs is 1. The Bertz CT molecular complexity index is 1160. The molecule has 1 saturated carbocycles. The van der Waals surface area contributed by atoms with E-state index in [-0.39, 0.29) is 0 Å². The molecule has 3 aromatic heterocycles. The maximum atomic E-state index is 11.8. The van der Waals surface area contributed by atoms with Crippen LogP contribution in [0.2, 0.25) is 0 Å². The molecule has 1 aliphatic rings. The summed E-state index contributed by atoms with van der Waals surface area (Å²) in [5.74, 6) is 0.909. The molecule has 0 amide bonds. The zero-order chi connectivity index (χ0) is 19.8. The molecule has 148 valence electrons. The second-order valence-electron chi connectivity index (χ2n) is 7.40. The number of nitrogens with zero attached hydrogens (tertiary/aromatic N) is 6. The monoisotopic (exact) mass is 407 g/mol. The van der Waals surface area contributed by atoms with Crippen LogP contribution in [0.25, 0.3) is 28.2 Å². The highest BCUT2D eigenvalue weighted by molar-refractivity contribution is 7.84. The molecule has 0 aliphatic heterocycles. The second-order valence-corrected chi connectivity index (χ2v) is 8.78. The minimum absolute atomic E-state index is 0.419. The molecule has 3 heterocycles. The van der Waals surface area contributed by atoms with E-state index in [1.165, 1.54) is 25.0 Å². The van der Waals surface area contributed by atoms with Crippen molar-refractivity contribution in [3.63, 3.8) is 0 Å². The van der Waals surface area contributed by atoms with E-state index < -0.39 is 10.8 Å². The van der Waals surface area contributed by atoms with Crippen LogP contribution in [0.3, 0.4) is 0 Å². The normalized spacial score (nSPS) is 16.3. The first kappa shape index (κ1) is 18.1. The van der Waals surface area contributed by atoms with Crippen molar-refractivity contribution < 1.29 is 4.21 Å². The lowest BCUT2D eigenvalue weighted by Crippen LogP contribution is -2.12. The van der Waals surface area contributed by atoms with Gasteiger partial charge in [-0.1, -0.05) is 31.4 Å². The second kappa shape index (κ2) is 7.47. The van der Waals surface area contributed by atoms with Gasteiger partial charge in [0.25, 0.3) is 0 Å². The first-order valence-electron chi connectivity index (χ1n) is 9.76. The van der Waals surface area contributed by atoms with Crippen molar-refractivity contribution >= 4 is 16.4 Å². The molecule has 8 nitrogen and oxygen atoms in total. The minimum atomic E-state index is -0.995. The van der Waals surface area contributed by atoms with Crippen LogP contribution in [0.1, 0.15) is 43.7 Å². The van der Waals surface area contributed by atoms with E-state index in [9.17, 15) is 4.21 Å². The van der Waals surface area contributed by atoms with Crippen LogP contribution in [0.4, 0.5) is 0 Å². The van der Waals surface area contributed by atoms with E-state index in [0.29, 0.717) is 11.7 Å². The zero-order valence-corrected chi connectivity index (χ0v) is 16.9. The molecule has 29 heavy (non-hydrogen) atoms. The van der Waals surface area contributed by atoms with Gasteiger partial charge in [-0.3, -0.25) is 4.21 Å². The van der Waals surface area contributed by atoms with E-state index in [2.05, 4.69) is 25.7 Å². The van der Waals surface area contributed by atoms with E-state index in [4.69, 9.17) is 4.98 Å². The van der Waals surface area contributed by atoms with Gasteiger partial charge in [0.05, 0.1) is 17.5 Å². The fourth-order valence-electron chi connectivity index (χ4n) is 4.20. The fraction of sp³-hybridized carbons (Fsp3) is 0.350. The van der Waals surface area contributed by atoms with Gasteiger partial charge in [-0.15, -0.1) is 10.2 Å². The summed E-state index contributed by atoms with van der Waals surface area (Å²) >= 11 is 0. The quantitative estimate of drug-likeness (QED) is 0.557. The third kappa shape index (κ3) is 3.25. The molecule has 0 radical (unpaired) electrons. The number of H-pyrrole nitrogens is 1. The molecule has 0 saturated heterocycles. The SMILES string of the molecule is CS(=O)c1ccc(-c2cnc3c(-c4nn[nH]n4)cnn3c2C2CCCCC2)cc1. The van der Waals surface area contributed by atoms with Gasteiger partial charge in [0.2, 0.25) is 5.82 Å². The number of nitrogens with one attached hydrogen (secondary N) is 1. The fourth-order valence-corrected chi connectivity index (χ4v) is 4.72. The minimum Gasteiger partial charge on any atom is -0.255 e. The molecular formula is C20H21N7OS. The van der Waals surface area contributed by atoms with Gasteiger partial charge < -0.3 is 0 Å². The lowest BCUT2D eigenvalue weighted by molar-refractivity contribution is 0.431.